The Morgan fingerprint density at radius 2 is 1.06 bits per heavy atom. The zero-order valence-electron chi connectivity index (χ0n) is 38.3. The standard InChI is InChI=1S/C49H85NO13/c1-3-5-7-9-11-13-15-17-19-21-23-25-27-29-31-33-41(54)50-37(38(53)32-30-28-26-24-22-20-18-16-14-12-10-8-6-4-2)36-60-48-46(59)44(57)47(40(35-52)62-48)63-49-45(58)43(56)42(55)39(34-51)61-49/h11,13-14,16-17,19,22,24,30,32,37-40,42-49,51-53,55-59H,3-10,12,15,18,20-21,23,25-29,31,33-36H2,1-2H3,(H,50,54)/b13-11-,16-14+,19-17-,24-22+,32-30+. The number of aliphatic hydroxyl groups excluding tert-OH is 8. The molecule has 0 aromatic carbocycles. The molecule has 12 unspecified atom stereocenters. The number of carbonyl (C=O) groups is 1. The van der Waals surface area contributed by atoms with E-state index in [2.05, 4.69) is 67.8 Å². The van der Waals surface area contributed by atoms with Crippen molar-refractivity contribution in [3.8, 4) is 0 Å². The molecule has 0 radical (unpaired) electrons. The second-order valence-corrected chi connectivity index (χ2v) is 16.9. The third-order valence-corrected chi connectivity index (χ3v) is 11.4. The van der Waals surface area contributed by atoms with Gasteiger partial charge in [0.25, 0.3) is 0 Å². The monoisotopic (exact) mass is 896 g/mol. The fourth-order valence-corrected chi connectivity index (χ4v) is 7.41. The number of amides is 1. The van der Waals surface area contributed by atoms with Crippen LogP contribution >= 0.6 is 0 Å². The first-order chi connectivity index (χ1) is 30.6. The maximum atomic E-state index is 13.1. The highest BCUT2D eigenvalue weighted by Gasteiger charge is 2.51. The number of unbranched alkanes of at least 4 members (excludes halogenated alkanes) is 14. The molecule has 12 atom stereocenters. The first kappa shape index (κ1) is 56.8. The zero-order chi connectivity index (χ0) is 46.1. The van der Waals surface area contributed by atoms with E-state index in [9.17, 15) is 45.6 Å². The van der Waals surface area contributed by atoms with Crippen molar-refractivity contribution >= 4 is 5.91 Å². The molecule has 2 aliphatic heterocycles. The SMILES string of the molecule is CCCCC/C=C\C/C=C\CCCCCCCC(=O)NC(COC1OC(CO)C(OC2OC(CO)C(O)C(O)C2O)C(O)C1O)C(O)/C=C/CC/C=C/CC/C=C/CCCCCC. The Hall–Kier alpha value is -2.31. The van der Waals surface area contributed by atoms with Gasteiger partial charge in [-0.05, 0) is 77.0 Å². The summed E-state index contributed by atoms with van der Waals surface area (Å²) in [6.45, 7) is 2.67. The van der Waals surface area contributed by atoms with Gasteiger partial charge >= 0.3 is 0 Å². The van der Waals surface area contributed by atoms with Crippen molar-refractivity contribution < 1.29 is 64.6 Å². The highest BCUT2D eigenvalue weighted by atomic mass is 16.7. The molecule has 2 saturated heterocycles. The van der Waals surface area contributed by atoms with Crippen LogP contribution < -0.4 is 5.32 Å². The summed E-state index contributed by atoms with van der Waals surface area (Å²) in [7, 11) is 0. The minimum Gasteiger partial charge on any atom is -0.394 e. The predicted octanol–water partition coefficient (Wildman–Crippen LogP) is 5.49. The molecular formula is C49H85NO13. The smallest absolute Gasteiger partial charge is 0.220 e. The number of hydrogen-bond donors (Lipinski definition) is 9. The van der Waals surface area contributed by atoms with Crippen LogP contribution in [0.2, 0.25) is 0 Å². The molecular weight excluding hydrogens is 811 g/mol. The number of allylic oxidation sites excluding steroid dienone is 9. The van der Waals surface area contributed by atoms with E-state index in [0.29, 0.717) is 12.8 Å². The molecule has 9 N–H and O–H groups in total. The van der Waals surface area contributed by atoms with Crippen LogP contribution in [0, 0.1) is 0 Å². The first-order valence-corrected chi connectivity index (χ1v) is 24.0. The summed E-state index contributed by atoms with van der Waals surface area (Å²) in [4.78, 5) is 13.1. The summed E-state index contributed by atoms with van der Waals surface area (Å²) in [6.07, 6.45) is 25.5. The van der Waals surface area contributed by atoms with Crippen LogP contribution in [0.15, 0.2) is 60.8 Å². The van der Waals surface area contributed by atoms with Crippen LogP contribution in [0.3, 0.4) is 0 Å². The maximum Gasteiger partial charge on any atom is 0.220 e. The van der Waals surface area contributed by atoms with E-state index < -0.39 is 86.8 Å². The van der Waals surface area contributed by atoms with Gasteiger partial charge in [0.15, 0.2) is 12.6 Å². The van der Waals surface area contributed by atoms with Crippen molar-refractivity contribution in [3.63, 3.8) is 0 Å². The molecule has 0 spiro atoms. The van der Waals surface area contributed by atoms with E-state index in [0.717, 1.165) is 70.6 Å². The van der Waals surface area contributed by atoms with Gasteiger partial charge in [-0.25, -0.2) is 0 Å². The molecule has 0 aromatic rings. The highest BCUT2D eigenvalue weighted by molar-refractivity contribution is 5.76. The summed E-state index contributed by atoms with van der Waals surface area (Å²) in [6, 6.07) is -0.945. The third-order valence-electron chi connectivity index (χ3n) is 11.4. The second kappa shape index (κ2) is 35.9. The van der Waals surface area contributed by atoms with Gasteiger partial charge in [0.1, 0.15) is 48.8 Å². The minimum absolute atomic E-state index is 0.251. The van der Waals surface area contributed by atoms with Crippen molar-refractivity contribution in [3.05, 3.63) is 60.8 Å². The Morgan fingerprint density at radius 3 is 1.68 bits per heavy atom. The Morgan fingerprint density at radius 1 is 0.571 bits per heavy atom. The lowest BCUT2D eigenvalue weighted by Crippen LogP contribution is -2.65. The molecule has 2 fully saturated rings. The van der Waals surface area contributed by atoms with Gasteiger partial charge in [-0.1, -0.05) is 126 Å². The fourth-order valence-electron chi connectivity index (χ4n) is 7.41. The van der Waals surface area contributed by atoms with Crippen molar-refractivity contribution in [1.82, 2.24) is 5.32 Å². The van der Waals surface area contributed by atoms with Crippen molar-refractivity contribution in [2.45, 2.75) is 222 Å². The molecule has 2 heterocycles. The van der Waals surface area contributed by atoms with E-state index in [1.165, 1.54) is 44.9 Å². The average Bonchev–Trinajstić information content (AvgIpc) is 3.28. The fraction of sp³-hybridized carbons (Fsp3) is 0.776. The van der Waals surface area contributed by atoms with E-state index in [4.69, 9.17) is 18.9 Å². The van der Waals surface area contributed by atoms with E-state index in [1.54, 1.807) is 6.08 Å². The largest absolute Gasteiger partial charge is 0.394 e. The first-order valence-electron chi connectivity index (χ1n) is 24.0. The Balaban J connectivity index is 1.92. The molecule has 0 aliphatic carbocycles. The summed E-state index contributed by atoms with van der Waals surface area (Å²) in [5, 5.41) is 86.5. The van der Waals surface area contributed by atoms with Crippen molar-refractivity contribution in [1.29, 1.82) is 0 Å². The van der Waals surface area contributed by atoms with Gasteiger partial charge in [-0.2, -0.15) is 0 Å². The number of rotatable bonds is 35. The molecule has 0 saturated carbocycles. The lowest BCUT2D eigenvalue weighted by Gasteiger charge is -2.46. The number of ether oxygens (including phenoxy) is 4. The summed E-state index contributed by atoms with van der Waals surface area (Å²) in [5.41, 5.74) is 0. The van der Waals surface area contributed by atoms with E-state index in [1.807, 2.05) is 6.08 Å². The second-order valence-electron chi connectivity index (χ2n) is 16.9. The normalized spacial score (nSPS) is 28.0. The molecule has 14 heteroatoms. The lowest BCUT2D eigenvalue weighted by atomic mass is 9.97. The van der Waals surface area contributed by atoms with E-state index in [-0.39, 0.29) is 18.9 Å². The summed E-state index contributed by atoms with van der Waals surface area (Å²) in [5.74, 6) is -0.272. The van der Waals surface area contributed by atoms with Gasteiger partial charge in [-0.3, -0.25) is 4.79 Å². The Kier molecular flexibility index (Phi) is 32.4. The Labute approximate surface area is 377 Å². The van der Waals surface area contributed by atoms with Crippen LogP contribution in [-0.4, -0.2) is 140 Å². The van der Waals surface area contributed by atoms with Crippen LogP contribution in [-0.2, 0) is 23.7 Å². The van der Waals surface area contributed by atoms with Gasteiger partial charge < -0.3 is 65.1 Å². The van der Waals surface area contributed by atoms with Gasteiger partial charge in [-0.15, -0.1) is 0 Å². The minimum atomic E-state index is -1.79. The molecule has 2 rings (SSSR count). The van der Waals surface area contributed by atoms with Crippen LogP contribution in [0.1, 0.15) is 149 Å². The maximum absolute atomic E-state index is 13.1. The molecule has 14 nitrogen and oxygen atoms in total. The number of hydrogen-bond acceptors (Lipinski definition) is 13. The third kappa shape index (κ3) is 23.6. The number of carbonyl (C=O) groups excluding carboxylic acids is 1. The van der Waals surface area contributed by atoms with Crippen LogP contribution in [0.5, 0.6) is 0 Å². The number of nitrogens with one attached hydrogen (secondary N) is 1. The zero-order valence-corrected chi connectivity index (χ0v) is 38.3. The average molecular weight is 896 g/mol. The van der Waals surface area contributed by atoms with E-state index >= 15 is 0 Å². The topological polar surface area (TPSA) is 228 Å². The molecule has 1 amide bonds. The molecule has 364 valence electrons. The summed E-state index contributed by atoms with van der Waals surface area (Å²) < 4.78 is 22.6. The Bertz CT molecular complexity index is 1290. The van der Waals surface area contributed by atoms with Crippen molar-refractivity contribution in [2.24, 2.45) is 0 Å². The molecule has 2 aliphatic rings. The van der Waals surface area contributed by atoms with Gasteiger partial charge in [0.05, 0.1) is 32.0 Å². The van der Waals surface area contributed by atoms with Gasteiger partial charge in [0, 0.05) is 6.42 Å². The van der Waals surface area contributed by atoms with Crippen molar-refractivity contribution in [2.75, 3.05) is 19.8 Å². The lowest BCUT2D eigenvalue weighted by molar-refractivity contribution is -0.359. The van der Waals surface area contributed by atoms with Crippen LogP contribution in [0.4, 0.5) is 0 Å². The number of aliphatic hydroxyl groups is 8. The predicted molar refractivity (Wildman–Crippen MR) is 244 cm³/mol. The highest BCUT2D eigenvalue weighted by Crippen LogP contribution is 2.30. The quantitative estimate of drug-likeness (QED) is 0.0284. The molecule has 63 heavy (non-hydrogen) atoms. The molecule has 0 bridgehead atoms. The van der Waals surface area contributed by atoms with Crippen LogP contribution in [0.25, 0.3) is 0 Å². The van der Waals surface area contributed by atoms with Gasteiger partial charge in [0.2, 0.25) is 5.91 Å². The molecule has 0 aromatic heterocycles. The summed E-state index contributed by atoms with van der Waals surface area (Å²) >= 11 is 0.